The highest BCUT2D eigenvalue weighted by Gasteiger charge is 2.09. The van der Waals surface area contributed by atoms with Gasteiger partial charge in [-0.25, -0.2) is 4.98 Å². The maximum atomic E-state index is 5.84. The van der Waals surface area contributed by atoms with Gasteiger partial charge in [-0.1, -0.05) is 32.0 Å². The fraction of sp³-hybridized carbons (Fsp3) is 0.438. The van der Waals surface area contributed by atoms with Crippen LogP contribution in [0.1, 0.15) is 30.9 Å². The molecule has 0 atom stereocenters. The third-order valence-corrected chi connectivity index (χ3v) is 3.32. The summed E-state index contributed by atoms with van der Waals surface area (Å²) in [4.78, 5) is 4.35. The number of rotatable bonds is 5. The Hall–Kier alpha value is -1.61. The molecule has 1 aromatic heterocycles. The lowest BCUT2D eigenvalue weighted by atomic mass is 10.0. The van der Waals surface area contributed by atoms with E-state index in [0.29, 0.717) is 6.04 Å². The zero-order chi connectivity index (χ0) is 13.8. The van der Waals surface area contributed by atoms with Crippen molar-refractivity contribution in [1.29, 1.82) is 0 Å². The normalized spacial score (nSPS) is 11.2. The third kappa shape index (κ3) is 3.44. The molecule has 1 heterocycles. The summed E-state index contributed by atoms with van der Waals surface area (Å²) in [5.74, 6) is 1.66. The summed E-state index contributed by atoms with van der Waals surface area (Å²) in [6.07, 6.45) is 2.65. The topological polar surface area (TPSA) is 38.1 Å². The molecule has 0 amide bonds. The molecule has 3 heteroatoms. The fourth-order valence-electron chi connectivity index (χ4n) is 2.04. The molecule has 3 nitrogen and oxygen atoms in total. The van der Waals surface area contributed by atoms with Crippen molar-refractivity contribution in [2.75, 3.05) is 6.54 Å². The Kier molecular flexibility index (Phi) is 4.38. The summed E-state index contributed by atoms with van der Waals surface area (Å²) >= 11 is 0. The maximum absolute atomic E-state index is 5.84. The van der Waals surface area contributed by atoms with E-state index in [4.69, 9.17) is 4.42 Å². The predicted octanol–water partition coefficient (Wildman–Crippen LogP) is 3.50. The van der Waals surface area contributed by atoms with Crippen LogP contribution >= 0.6 is 0 Å². The Balaban J connectivity index is 2.10. The minimum Gasteiger partial charge on any atom is -0.441 e. The molecule has 0 saturated carbocycles. The first-order valence-electron chi connectivity index (χ1n) is 6.82. The van der Waals surface area contributed by atoms with Crippen LogP contribution in [0.5, 0.6) is 0 Å². The molecular formula is C16H22N2O. The van der Waals surface area contributed by atoms with E-state index >= 15 is 0 Å². The summed E-state index contributed by atoms with van der Waals surface area (Å²) in [6.45, 7) is 9.40. The molecule has 1 N–H and O–H groups in total. The van der Waals surface area contributed by atoms with E-state index in [-0.39, 0.29) is 0 Å². The van der Waals surface area contributed by atoms with E-state index < -0.39 is 0 Å². The van der Waals surface area contributed by atoms with E-state index in [0.717, 1.165) is 30.2 Å². The Morgan fingerprint density at radius 3 is 2.79 bits per heavy atom. The van der Waals surface area contributed by atoms with Gasteiger partial charge in [0.25, 0.3) is 0 Å². The zero-order valence-electron chi connectivity index (χ0n) is 12.2. The van der Waals surface area contributed by atoms with E-state index in [1.165, 1.54) is 11.1 Å². The van der Waals surface area contributed by atoms with Crippen LogP contribution in [0.15, 0.2) is 28.8 Å². The molecule has 2 aromatic rings. The molecule has 0 spiro atoms. The van der Waals surface area contributed by atoms with Crippen LogP contribution in [0, 0.1) is 13.8 Å². The highest BCUT2D eigenvalue weighted by molar-refractivity contribution is 5.62. The van der Waals surface area contributed by atoms with E-state index in [2.05, 4.69) is 56.2 Å². The number of nitrogens with one attached hydrogen (secondary N) is 1. The van der Waals surface area contributed by atoms with Gasteiger partial charge in [0, 0.05) is 24.6 Å². The van der Waals surface area contributed by atoms with Crippen molar-refractivity contribution in [2.24, 2.45) is 0 Å². The second-order valence-electron chi connectivity index (χ2n) is 5.22. The van der Waals surface area contributed by atoms with Gasteiger partial charge in [-0.3, -0.25) is 0 Å². The molecule has 0 bridgehead atoms. The molecule has 0 aliphatic carbocycles. The minimum absolute atomic E-state index is 0.494. The summed E-state index contributed by atoms with van der Waals surface area (Å²) < 4.78 is 5.84. The summed E-state index contributed by atoms with van der Waals surface area (Å²) in [5, 5.41) is 3.36. The highest BCUT2D eigenvalue weighted by atomic mass is 16.4. The van der Waals surface area contributed by atoms with Crippen molar-refractivity contribution in [3.63, 3.8) is 0 Å². The third-order valence-electron chi connectivity index (χ3n) is 3.32. The lowest BCUT2D eigenvalue weighted by Gasteiger charge is -2.06. The number of benzene rings is 1. The smallest absolute Gasteiger partial charge is 0.196 e. The predicted molar refractivity (Wildman–Crippen MR) is 78.3 cm³/mol. The van der Waals surface area contributed by atoms with E-state index in [1.807, 2.05) is 6.20 Å². The Labute approximate surface area is 115 Å². The second-order valence-corrected chi connectivity index (χ2v) is 5.22. The molecule has 1 aromatic carbocycles. The number of hydrogen-bond acceptors (Lipinski definition) is 3. The molecule has 19 heavy (non-hydrogen) atoms. The maximum Gasteiger partial charge on any atom is 0.196 e. The van der Waals surface area contributed by atoms with Crippen molar-refractivity contribution in [2.45, 2.75) is 40.2 Å². The number of aromatic nitrogens is 1. The van der Waals surface area contributed by atoms with Gasteiger partial charge < -0.3 is 9.73 Å². The zero-order valence-corrected chi connectivity index (χ0v) is 12.2. The quantitative estimate of drug-likeness (QED) is 0.892. The number of aryl methyl sites for hydroxylation is 1. The number of oxazole rings is 1. The second kappa shape index (κ2) is 6.02. The van der Waals surface area contributed by atoms with Gasteiger partial charge in [0.2, 0.25) is 0 Å². The van der Waals surface area contributed by atoms with Crippen molar-refractivity contribution in [1.82, 2.24) is 10.3 Å². The lowest BCUT2D eigenvalue weighted by Crippen LogP contribution is -2.24. The minimum atomic E-state index is 0.494. The van der Waals surface area contributed by atoms with Crippen LogP contribution in [-0.4, -0.2) is 17.6 Å². The van der Waals surface area contributed by atoms with E-state index in [1.54, 1.807) is 0 Å². The lowest BCUT2D eigenvalue weighted by molar-refractivity contribution is 0.484. The first-order valence-corrected chi connectivity index (χ1v) is 6.82. The fourth-order valence-corrected chi connectivity index (χ4v) is 2.04. The highest BCUT2D eigenvalue weighted by Crippen LogP contribution is 2.26. The van der Waals surface area contributed by atoms with Crippen molar-refractivity contribution in [3.05, 3.63) is 41.4 Å². The number of nitrogens with zero attached hydrogens (tertiary/aromatic N) is 1. The Bertz CT molecular complexity index is 543. The monoisotopic (exact) mass is 258 g/mol. The summed E-state index contributed by atoms with van der Waals surface area (Å²) in [6, 6.07) is 6.75. The van der Waals surface area contributed by atoms with Crippen LogP contribution in [0.3, 0.4) is 0 Å². The Morgan fingerprint density at radius 2 is 2.05 bits per heavy atom. The average Bonchev–Trinajstić information content (AvgIpc) is 2.81. The average molecular weight is 258 g/mol. The van der Waals surface area contributed by atoms with Crippen molar-refractivity contribution >= 4 is 0 Å². The van der Waals surface area contributed by atoms with Crippen LogP contribution < -0.4 is 5.32 Å². The molecule has 0 saturated heterocycles. The molecule has 0 fully saturated rings. The SMILES string of the molecule is Cc1cccc(-c2cnc(CCNC(C)C)o2)c1C. The molecule has 0 radical (unpaired) electrons. The first kappa shape index (κ1) is 13.8. The first-order chi connectivity index (χ1) is 9.08. The number of hydrogen-bond donors (Lipinski definition) is 1. The van der Waals surface area contributed by atoms with Crippen molar-refractivity contribution in [3.8, 4) is 11.3 Å². The largest absolute Gasteiger partial charge is 0.441 e. The van der Waals surface area contributed by atoms with Gasteiger partial charge in [0.15, 0.2) is 11.7 Å². The van der Waals surface area contributed by atoms with Gasteiger partial charge in [-0.2, -0.15) is 0 Å². The summed E-state index contributed by atoms with van der Waals surface area (Å²) in [7, 11) is 0. The van der Waals surface area contributed by atoms with Crippen LogP contribution in [0.25, 0.3) is 11.3 Å². The van der Waals surface area contributed by atoms with Gasteiger partial charge >= 0.3 is 0 Å². The Morgan fingerprint density at radius 1 is 1.26 bits per heavy atom. The molecular weight excluding hydrogens is 236 g/mol. The molecule has 2 rings (SSSR count). The standard InChI is InChI=1S/C16H22N2O/c1-11(2)17-9-8-16-18-10-15(19-16)14-7-5-6-12(3)13(14)4/h5-7,10-11,17H,8-9H2,1-4H3. The van der Waals surface area contributed by atoms with Gasteiger partial charge in [-0.15, -0.1) is 0 Å². The van der Waals surface area contributed by atoms with Gasteiger partial charge in [0.1, 0.15) is 0 Å². The van der Waals surface area contributed by atoms with Gasteiger partial charge in [0.05, 0.1) is 6.20 Å². The van der Waals surface area contributed by atoms with Gasteiger partial charge in [-0.05, 0) is 25.0 Å². The summed E-state index contributed by atoms with van der Waals surface area (Å²) in [5.41, 5.74) is 3.66. The van der Waals surface area contributed by atoms with Crippen molar-refractivity contribution < 1.29 is 4.42 Å². The molecule has 0 aliphatic rings. The van der Waals surface area contributed by atoms with Crippen LogP contribution in [0.4, 0.5) is 0 Å². The molecule has 0 unspecified atom stereocenters. The van der Waals surface area contributed by atoms with Crippen LogP contribution in [-0.2, 0) is 6.42 Å². The molecule has 0 aliphatic heterocycles. The van der Waals surface area contributed by atoms with E-state index in [9.17, 15) is 0 Å². The molecule has 102 valence electrons. The van der Waals surface area contributed by atoms with Crippen LogP contribution in [0.2, 0.25) is 0 Å².